The van der Waals surface area contributed by atoms with Crippen molar-refractivity contribution in [2.24, 2.45) is 0 Å². The van der Waals surface area contributed by atoms with Crippen molar-refractivity contribution >= 4 is 0 Å². The predicted octanol–water partition coefficient (Wildman–Crippen LogP) is 3.78. The number of ether oxygens (including phenoxy) is 6. The van der Waals surface area contributed by atoms with Crippen molar-refractivity contribution in [3.8, 4) is 11.5 Å². The van der Waals surface area contributed by atoms with Crippen LogP contribution in [0.2, 0.25) is 0 Å². The number of hydrogen-bond donors (Lipinski definition) is 4. The predicted molar refractivity (Wildman–Crippen MR) is 203 cm³/mol. The first-order valence-electron chi connectivity index (χ1n) is 19.4. The van der Waals surface area contributed by atoms with Crippen LogP contribution in [-0.2, 0) is 32.0 Å². The summed E-state index contributed by atoms with van der Waals surface area (Å²) in [6.45, 7) is 18.9. The maximum atomic E-state index is 11.0. The second-order valence-electron chi connectivity index (χ2n) is 15.6. The molecule has 53 heavy (non-hydrogen) atoms. The van der Waals surface area contributed by atoms with Gasteiger partial charge in [-0.25, -0.2) is 0 Å². The van der Waals surface area contributed by atoms with E-state index in [2.05, 4.69) is 0 Å². The number of aliphatic hydroxyl groups is 4. The molecule has 4 N–H and O–H groups in total. The van der Waals surface area contributed by atoms with Gasteiger partial charge in [0.15, 0.2) is 0 Å². The Morgan fingerprint density at radius 3 is 0.981 bits per heavy atom. The highest BCUT2D eigenvalue weighted by Crippen LogP contribution is 2.26. The van der Waals surface area contributed by atoms with Crippen LogP contribution in [0.25, 0.3) is 0 Å². The average Bonchev–Trinajstić information content (AvgIpc) is 3.24. The standard InChI is InChI=1S/C41H66N2O10/c1-26(2)50-38-34(44)22-42(23-35(45)39(38)51-27(3)4)20-30-10-14-32(15-11-30)48-18-9-19-49-33-16-12-31(13-17-33)21-43-24-36(46)40(52-28(5)6)41(37(47)25-43)53-29(7)8/h10-17,26-29,34-41,44-47H,9,18-25H2,1-8H3/t34-,35-,36-,37-,38-,39-,40-,41-/m1/s1. The number of nitrogens with zero attached hydrogens (tertiary/aromatic N) is 2. The number of likely N-dealkylation sites (tertiary alicyclic amines) is 2. The third-order valence-electron chi connectivity index (χ3n) is 9.15. The maximum absolute atomic E-state index is 11.0. The van der Waals surface area contributed by atoms with Crippen molar-refractivity contribution in [1.29, 1.82) is 0 Å². The molecule has 300 valence electrons. The summed E-state index contributed by atoms with van der Waals surface area (Å²) in [5, 5.41) is 44.2. The van der Waals surface area contributed by atoms with Crippen LogP contribution in [0.1, 0.15) is 72.9 Å². The zero-order valence-corrected chi connectivity index (χ0v) is 33.0. The number of benzene rings is 2. The molecule has 0 aliphatic carbocycles. The molecule has 0 aromatic heterocycles. The molecular formula is C41H66N2O10. The van der Waals surface area contributed by atoms with Crippen molar-refractivity contribution in [3.63, 3.8) is 0 Å². The smallest absolute Gasteiger partial charge is 0.119 e. The van der Waals surface area contributed by atoms with Crippen LogP contribution in [-0.4, -0.2) is 143 Å². The topological polar surface area (TPSA) is 143 Å². The van der Waals surface area contributed by atoms with Crippen molar-refractivity contribution in [2.45, 2.75) is 148 Å². The normalized spacial score (nSPS) is 27.8. The number of β-amino-alcohol motifs (C(OH)–C–C–N with tert-alkyl or cyclic N) is 4. The highest BCUT2D eigenvalue weighted by atomic mass is 16.6. The van der Waals surface area contributed by atoms with Gasteiger partial charge in [-0.3, -0.25) is 9.80 Å². The summed E-state index contributed by atoms with van der Waals surface area (Å²) in [4.78, 5) is 4.08. The summed E-state index contributed by atoms with van der Waals surface area (Å²) in [5.41, 5.74) is 2.09. The van der Waals surface area contributed by atoms with Gasteiger partial charge in [0.05, 0.1) is 62.0 Å². The Morgan fingerprint density at radius 2 is 0.736 bits per heavy atom. The first-order valence-corrected chi connectivity index (χ1v) is 19.4. The fourth-order valence-corrected chi connectivity index (χ4v) is 7.02. The number of hydrogen-bond acceptors (Lipinski definition) is 12. The van der Waals surface area contributed by atoms with Crippen molar-refractivity contribution < 1.29 is 48.8 Å². The summed E-state index contributed by atoms with van der Waals surface area (Å²) in [6, 6.07) is 15.8. The molecule has 0 saturated carbocycles. The van der Waals surface area contributed by atoms with Crippen LogP contribution in [0.15, 0.2) is 48.5 Å². The molecular weight excluding hydrogens is 680 g/mol. The molecule has 2 heterocycles. The molecule has 2 aliphatic rings. The molecule has 2 aromatic rings. The molecule has 2 fully saturated rings. The van der Waals surface area contributed by atoms with Gasteiger partial charge in [0.1, 0.15) is 35.9 Å². The third kappa shape index (κ3) is 14.0. The van der Waals surface area contributed by atoms with Gasteiger partial charge in [-0.05, 0) is 90.8 Å². The van der Waals surface area contributed by atoms with Gasteiger partial charge in [-0.1, -0.05) is 24.3 Å². The van der Waals surface area contributed by atoms with Crippen molar-refractivity contribution in [3.05, 3.63) is 59.7 Å². The summed E-state index contributed by atoms with van der Waals surface area (Å²) >= 11 is 0. The lowest BCUT2D eigenvalue weighted by Crippen LogP contribution is -2.49. The van der Waals surface area contributed by atoms with E-state index in [9.17, 15) is 20.4 Å². The lowest BCUT2D eigenvalue weighted by molar-refractivity contribution is -0.171. The van der Waals surface area contributed by atoms with E-state index in [1.54, 1.807) is 0 Å². The monoisotopic (exact) mass is 746 g/mol. The third-order valence-corrected chi connectivity index (χ3v) is 9.15. The van der Waals surface area contributed by atoms with Crippen LogP contribution in [0.4, 0.5) is 0 Å². The molecule has 12 nitrogen and oxygen atoms in total. The molecule has 2 aromatic carbocycles. The molecule has 0 bridgehead atoms. The first kappa shape index (κ1) is 43.4. The second kappa shape index (κ2) is 21.1. The molecule has 4 rings (SSSR count). The van der Waals surface area contributed by atoms with Crippen LogP contribution in [0.3, 0.4) is 0 Å². The van der Waals surface area contributed by atoms with E-state index in [0.717, 1.165) is 22.6 Å². The fraction of sp³-hybridized carbons (Fsp3) is 0.707. The highest BCUT2D eigenvalue weighted by Gasteiger charge is 2.42. The molecule has 2 saturated heterocycles. The largest absolute Gasteiger partial charge is 0.493 e. The van der Waals surface area contributed by atoms with Gasteiger partial charge in [-0.2, -0.15) is 0 Å². The first-order chi connectivity index (χ1) is 25.2. The molecule has 0 radical (unpaired) electrons. The number of rotatable bonds is 18. The Kier molecular flexibility index (Phi) is 17.2. The quantitative estimate of drug-likeness (QED) is 0.165. The van der Waals surface area contributed by atoms with Gasteiger partial charge in [-0.15, -0.1) is 0 Å². The maximum Gasteiger partial charge on any atom is 0.119 e. The fourth-order valence-electron chi connectivity index (χ4n) is 7.02. The summed E-state index contributed by atoms with van der Waals surface area (Å²) < 4.78 is 36.0. The number of aliphatic hydroxyl groups excluding tert-OH is 4. The Hall–Kier alpha value is -2.36. The Bertz CT molecular complexity index is 1160. The zero-order chi connectivity index (χ0) is 38.7. The van der Waals surface area contributed by atoms with Gasteiger partial charge in [0, 0.05) is 45.7 Å². The SMILES string of the molecule is CC(C)O[C@H]1[C@H](OC(C)C)[C@H](O)CN(Cc2ccc(OCCCOc3ccc(CN4C[C@@H](O)[C@@H](OC(C)C)[C@H](OC(C)C)[C@H](O)C4)cc3)cc2)C[C@H]1O. The van der Waals surface area contributed by atoms with E-state index in [1.807, 2.05) is 114 Å². The molecule has 0 amide bonds. The van der Waals surface area contributed by atoms with Crippen LogP contribution >= 0.6 is 0 Å². The van der Waals surface area contributed by atoms with Gasteiger partial charge < -0.3 is 48.8 Å². The van der Waals surface area contributed by atoms with E-state index in [0.29, 0.717) is 58.9 Å². The van der Waals surface area contributed by atoms with Crippen molar-refractivity contribution in [2.75, 3.05) is 39.4 Å². The van der Waals surface area contributed by atoms with Crippen molar-refractivity contribution in [1.82, 2.24) is 9.80 Å². The second-order valence-corrected chi connectivity index (χ2v) is 15.6. The Labute approximate surface area is 316 Å². The van der Waals surface area contributed by atoms with Crippen LogP contribution in [0, 0.1) is 0 Å². The average molecular weight is 747 g/mol. The highest BCUT2D eigenvalue weighted by molar-refractivity contribution is 5.28. The summed E-state index contributed by atoms with van der Waals surface area (Å²) in [5.74, 6) is 1.52. The molecule has 2 aliphatic heterocycles. The van der Waals surface area contributed by atoms with E-state index in [1.165, 1.54) is 0 Å². The summed E-state index contributed by atoms with van der Waals surface area (Å²) in [6.07, 6.45) is -5.37. The molecule has 0 unspecified atom stereocenters. The van der Waals surface area contributed by atoms with Gasteiger partial charge in [0.2, 0.25) is 0 Å². The van der Waals surface area contributed by atoms with E-state index in [-0.39, 0.29) is 24.4 Å². The van der Waals surface area contributed by atoms with E-state index in [4.69, 9.17) is 28.4 Å². The van der Waals surface area contributed by atoms with Gasteiger partial charge >= 0.3 is 0 Å². The molecule has 8 atom stereocenters. The van der Waals surface area contributed by atoms with Crippen LogP contribution in [0.5, 0.6) is 11.5 Å². The lowest BCUT2D eigenvalue weighted by Gasteiger charge is -2.33. The Morgan fingerprint density at radius 1 is 0.472 bits per heavy atom. The zero-order valence-electron chi connectivity index (χ0n) is 33.0. The molecule has 12 heteroatoms. The minimum atomic E-state index is -0.799. The van der Waals surface area contributed by atoms with Crippen LogP contribution < -0.4 is 9.47 Å². The lowest BCUT2D eigenvalue weighted by atomic mass is 10.0. The van der Waals surface area contributed by atoms with E-state index < -0.39 is 48.8 Å². The van der Waals surface area contributed by atoms with E-state index >= 15 is 0 Å². The Balaban J connectivity index is 1.20. The van der Waals surface area contributed by atoms with Gasteiger partial charge in [0.25, 0.3) is 0 Å². The summed E-state index contributed by atoms with van der Waals surface area (Å²) in [7, 11) is 0. The minimum Gasteiger partial charge on any atom is -0.493 e. The molecule has 0 spiro atoms. The minimum absolute atomic E-state index is 0.106.